The van der Waals surface area contributed by atoms with E-state index >= 15 is 0 Å². The Kier molecular flexibility index (Phi) is 8.49. The molecule has 32 heavy (non-hydrogen) atoms. The highest BCUT2D eigenvalue weighted by Crippen LogP contribution is 2.21. The topological polar surface area (TPSA) is 77.0 Å². The molecule has 4 rings (SSSR count). The molecule has 0 saturated carbocycles. The van der Waals surface area contributed by atoms with Crippen molar-refractivity contribution in [1.29, 1.82) is 0 Å². The van der Waals surface area contributed by atoms with Crippen LogP contribution in [0.3, 0.4) is 0 Å². The van der Waals surface area contributed by atoms with E-state index in [0.717, 1.165) is 29.8 Å². The lowest BCUT2D eigenvalue weighted by Gasteiger charge is -2.21. The average molecular weight is 547 g/mol. The van der Waals surface area contributed by atoms with Crippen LogP contribution in [0.15, 0.2) is 59.6 Å². The highest BCUT2D eigenvalue weighted by molar-refractivity contribution is 14.0. The Bertz CT molecular complexity index is 966. The molecule has 2 amide bonds. The molecule has 8 heteroatoms. The quantitative estimate of drug-likeness (QED) is 0.332. The number of nitrogens with zero attached hydrogens (tertiary/aromatic N) is 3. The maximum Gasteiger partial charge on any atom is 0.229 e. The molecule has 170 valence electrons. The highest BCUT2D eigenvalue weighted by atomic mass is 127. The molecule has 2 N–H and O–H groups in total. The third kappa shape index (κ3) is 5.79. The van der Waals surface area contributed by atoms with Crippen LogP contribution >= 0.6 is 24.0 Å². The smallest absolute Gasteiger partial charge is 0.229 e. The highest BCUT2D eigenvalue weighted by Gasteiger charge is 2.31. The summed E-state index contributed by atoms with van der Waals surface area (Å²) in [5.74, 6) is 1.01. The zero-order valence-corrected chi connectivity index (χ0v) is 20.6. The minimum absolute atomic E-state index is 0. The van der Waals surface area contributed by atoms with Crippen LogP contribution in [0.25, 0.3) is 0 Å². The summed E-state index contributed by atoms with van der Waals surface area (Å²) in [5, 5.41) is 6.74. The summed E-state index contributed by atoms with van der Waals surface area (Å²) in [6.45, 7) is 2.68. The van der Waals surface area contributed by atoms with E-state index < -0.39 is 0 Å². The molecule has 0 aliphatic carbocycles. The van der Waals surface area contributed by atoms with Gasteiger partial charge in [0.05, 0.1) is 6.04 Å². The van der Waals surface area contributed by atoms with Crippen molar-refractivity contribution < 1.29 is 9.59 Å². The van der Waals surface area contributed by atoms with E-state index in [1.165, 1.54) is 0 Å². The van der Waals surface area contributed by atoms with Crippen LogP contribution in [-0.2, 0) is 22.7 Å². The molecule has 0 bridgehead atoms. The van der Waals surface area contributed by atoms with Crippen LogP contribution in [0.1, 0.15) is 30.4 Å². The fraction of sp³-hybridized carbons (Fsp3) is 0.375. The minimum Gasteiger partial charge on any atom is -0.352 e. The normalized spacial score (nSPS) is 18.7. The van der Waals surface area contributed by atoms with E-state index in [1.54, 1.807) is 7.05 Å². The number of hydrogen-bond donors (Lipinski definition) is 2. The zero-order valence-electron chi connectivity index (χ0n) is 18.3. The number of carbonyl (C=O) groups excluding carboxylic acids is 2. The molecule has 2 saturated heterocycles. The zero-order chi connectivity index (χ0) is 21.6. The molecule has 0 radical (unpaired) electrons. The fourth-order valence-electron chi connectivity index (χ4n) is 4.19. The van der Waals surface area contributed by atoms with Crippen LogP contribution in [-0.4, -0.2) is 48.9 Å². The van der Waals surface area contributed by atoms with E-state index in [4.69, 9.17) is 0 Å². The van der Waals surface area contributed by atoms with Crippen molar-refractivity contribution in [3.05, 3.63) is 65.7 Å². The number of guanidine groups is 1. The molecule has 2 heterocycles. The van der Waals surface area contributed by atoms with Crippen LogP contribution in [0, 0.1) is 0 Å². The van der Waals surface area contributed by atoms with E-state index in [-0.39, 0.29) is 41.8 Å². The van der Waals surface area contributed by atoms with Crippen LogP contribution in [0.4, 0.5) is 5.69 Å². The van der Waals surface area contributed by atoms with Crippen molar-refractivity contribution in [3.63, 3.8) is 0 Å². The molecule has 0 spiro atoms. The largest absolute Gasteiger partial charge is 0.352 e. The van der Waals surface area contributed by atoms with Gasteiger partial charge in [-0.3, -0.25) is 14.6 Å². The minimum atomic E-state index is -0.00336. The average Bonchev–Trinajstić information content (AvgIpc) is 3.37. The number of amides is 2. The van der Waals surface area contributed by atoms with Crippen molar-refractivity contribution in [2.24, 2.45) is 4.99 Å². The number of anilines is 1. The number of carbonyl (C=O) groups is 2. The van der Waals surface area contributed by atoms with Gasteiger partial charge in [0.2, 0.25) is 11.8 Å². The number of nitrogens with one attached hydrogen (secondary N) is 2. The lowest BCUT2D eigenvalue weighted by atomic mass is 10.1. The first-order valence-electron chi connectivity index (χ1n) is 10.8. The molecule has 2 aromatic carbocycles. The first-order chi connectivity index (χ1) is 15.1. The van der Waals surface area contributed by atoms with Crippen molar-refractivity contribution >= 4 is 47.4 Å². The molecular weight excluding hydrogens is 517 g/mol. The summed E-state index contributed by atoms with van der Waals surface area (Å²) < 4.78 is 0. The van der Waals surface area contributed by atoms with Gasteiger partial charge in [-0.25, -0.2) is 0 Å². The van der Waals surface area contributed by atoms with Gasteiger partial charge in [-0.05, 0) is 29.7 Å². The van der Waals surface area contributed by atoms with Gasteiger partial charge in [0, 0.05) is 51.8 Å². The fourth-order valence-corrected chi connectivity index (χ4v) is 4.19. The lowest BCUT2D eigenvalue weighted by molar-refractivity contribution is -0.128. The molecule has 7 nitrogen and oxygen atoms in total. The van der Waals surface area contributed by atoms with Crippen LogP contribution < -0.4 is 15.5 Å². The second-order valence-electron chi connectivity index (χ2n) is 8.00. The van der Waals surface area contributed by atoms with E-state index in [1.807, 2.05) is 52.3 Å². The Balaban J connectivity index is 0.00000289. The Hall–Kier alpha value is -2.62. The Morgan fingerprint density at radius 1 is 1.03 bits per heavy atom. The van der Waals surface area contributed by atoms with Crippen molar-refractivity contribution in [2.75, 3.05) is 25.0 Å². The summed E-state index contributed by atoms with van der Waals surface area (Å²) in [4.78, 5) is 32.5. The third-order valence-electron chi connectivity index (χ3n) is 5.85. The summed E-state index contributed by atoms with van der Waals surface area (Å²) in [6, 6.07) is 17.9. The molecule has 1 atom stereocenters. The molecule has 2 aliphatic heterocycles. The van der Waals surface area contributed by atoms with Gasteiger partial charge in [-0.15, -0.1) is 24.0 Å². The van der Waals surface area contributed by atoms with Crippen molar-refractivity contribution in [3.8, 4) is 0 Å². The van der Waals surface area contributed by atoms with E-state index in [9.17, 15) is 9.59 Å². The maximum absolute atomic E-state index is 12.5. The number of halogens is 1. The summed E-state index contributed by atoms with van der Waals surface area (Å²) in [6.07, 6.45) is 2.02. The number of likely N-dealkylation sites (tertiary alicyclic amines) is 1. The van der Waals surface area contributed by atoms with Gasteiger partial charge in [-0.1, -0.05) is 42.5 Å². The molecule has 2 aromatic rings. The van der Waals surface area contributed by atoms with Crippen LogP contribution in [0.2, 0.25) is 0 Å². The molecule has 0 aromatic heterocycles. The van der Waals surface area contributed by atoms with Gasteiger partial charge < -0.3 is 20.4 Å². The number of benzene rings is 2. The molecular formula is C24H30IN5O2. The van der Waals surface area contributed by atoms with E-state index in [2.05, 4.69) is 27.8 Å². The number of aliphatic imine (C=N–C) groups is 1. The monoisotopic (exact) mass is 547 g/mol. The van der Waals surface area contributed by atoms with Crippen molar-refractivity contribution in [1.82, 2.24) is 15.5 Å². The second-order valence-corrected chi connectivity index (χ2v) is 8.00. The number of rotatable bonds is 6. The van der Waals surface area contributed by atoms with Gasteiger partial charge in [0.15, 0.2) is 5.96 Å². The first-order valence-corrected chi connectivity index (χ1v) is 10.8. The second kappa shape index (κ2) is 11.3. The SMILES string of the molecule is CN=C(NCc1ccccc1CN1CCCC1=O)NC1CC(=O)N(c2ccccc2)C1.I. The predicted molar refractivity (Wildman–Crippen MR) is 137 cm³/mol. The standard InChI is InChI=1S/C24H29N5O2.HI/c1-25-24(27-20-14-23(31)29(17-20)21-10-3-2-4-11-21)26-15-18-8-5-6-9-19(18)16-28-13-7-12-22(28)30;/h2-6,8-11,20H,7,12-17H2,1H3,(H2,25,26,27);1H. The van der Waals surface area contributed by atoms with Crippen molar-refractivity contribution in [2.45, 2.75) is 38.4 Å². The van der Waals surface area contributed by atoms with Gasteiger partial charge in [-0.2, -0.15) is 0 Å². The summed E-state index contributed by atoms with van der Waals surface area (Å²) in [5.41, 5.74) is 3.20. The first kappa shape index (κ1) is 24.0. The summed E-state index contributed by atoms with van der Waals surface area (Å²) >= 11 is 0. The Labute approximate surface area is 206 Å². The molecule has 2 aliphatic rings. The van der Waals surface area contributed by atoms with E-state index in [0.29, 0.717) is 38.4 Å². The maximum atomic E-state index is 12.5. The van der Waals surface area contributed by atoms with Gasteiger partial charge >= 0.3 is 0 Å². The molecule has 1 unspecified atom stereocenters. The van der Waals surface area contributed by atoms with Crippen LogP contribution in [0.5, 0.6) is 0 Å². The Morgan fingerprint density at radius 2 is 1.75 bits per heavy atom. The summed E-state index contributed by atoms with van der Waals surface area (Å²) in [7, 11) is 1.73. The number of para-hydroxylation sites is 1. The number of hydrogen-bond acceptors (Lipinski definition) is 3. The Morgan fingerprint density at radius 3 is 2.44 bits per heavy atom. The lowest BCUT2D eigenvalue weighted by Crippen LogP contribution is -2.44. The predicted octanol–water partition coefficient (Wildman–Crippen LogP) is 2.90. The van der Waals surface area contributed by atoms with Gasteiger partial charge in [0.25, 0.3) is 0 Å². The third-order valence-corrected chi connectivity index (χ3v) is 5.85. The van der Waals surface area contributed by atoms with Gasteiger partial charge in [0.1, 0.15) is 0 Å². The molecule has 2 fully saturated rings.